The summed E-state index contributed by atoms with van der Waals surface area (Å²) in [6, 6.07) is 0. The molecule has 0 atom stereocenters. The highest BCUT2D eigenvalue weighted by Crippen LogP contribution is 2.36. The van der Waals surface area contributed by atoms with Crippen LogP contribution in [-0.4, -0.2) is 30.4 Å². The third-order valence-electron chi connectivity index (χ3n) is 3.90. The molecule has 1 aromatic rings. The molecule has 0 spiro atoms. The average Bonchev–Trinajstić information content (AvgIpc) is 2.74. The topological polar surface area (TPSA) is 74.2 Å². The van der Waals surface area contributed by atoms with Gasteiger partial charge >= 0.3 is 0 Å². The van der Waals surface area contributed by atoms with E-state index in [4.69, 9.17) is 15.0 Å². The predicted octanol–water partition coefficient (Wildman–Crippen LogP) is 1.81. The fourth-order valence-corrected chi connectivity index (χ4v) is 2.67. The number of nitrogens with two attached hydrogens (primary N) is 1. The van der Waals surface area contributed by atoms with Gasteiger partial charge in [-0.1, -0.05) is 30.8 Å². The van der Waals surface area contributed by atoms with E-state index in [1.54, 1.807) is 7.11 Å². The summed E-state index contributed by atoms with van der Waals surface area (Å²) in [6.07, 6.45) is 7.80. The summed E-state index contributed by atoms with van der Waals surface area (Å²) in [5, 5.41) is 4.03. The van der Waals surface area contributed by atoms with Crippen molar-refractivity contribution in [3.8, 4) is 0 Å². The van der Waals surface area contributed by atoms with Crippen LogP contribution in [0.5, 0.6) is 0 Å². The molecule has 1 saturated carbocycles. The maximum absolute atomic E-state index is 6.00. The zero-order chi connectivity index (χ0) is 12.8. The van der Waals surface area contributed by atoms with E-state index >= 15 is 0 Å². The van der Waals surface area contributed by atoms with E-state index in [-0.39, 0.29) is 5.41 Å². The molecular weight excluding hydrogens is 230 g/mol. The van der Waals surface area contributed by atoms with Crippen LogP contribution in [0.15, 0.2) is 4.52 Å². The Balaban J connectivity index is 2.12. The van der Waals surface area contributed by atoms with Gasteiger partial charge in [-0.3, -0.25) is 0 Å². The molecule has 0 saturated heterocycles. The summed E-state index contributed by atoms with van der Waals surface area (Å²) >= 11 is 0. The lowest BCUT2D eigenvalue weighted by Gasteiger charge is -2.26. The van der Waals surface area contributed by atoms with Gasteiger partial charge in [0.25, 0.3) is 0 Å². The first-order valence-electron chi connectivity index (χ1n) is 6.83. The van der Waals surface area contributed by atoms with E-state index in [9.17, 15) is 0 Å². The molecule has 1 fully saturated rings. The van der Waals surface area contributed by atoms with E-state index in [0.29, 0.717) is 19.6 Å². The second-order valence-corrected chi connectivity index (χ2v) is 5.16. The van der Waals surface area contributed by atoms with Gasteiger partial charge in [0.05, 0.1) is 12.0 Å². The van der Waals surface area contributed by atoms with Crippen molar-refractivity contribution in [2.45, 2.75) is 50.4 Å². The molecule has 0 unspecified atom stereocenters. The normalized spacial score (nSPS) is 19.7. The van der Waals surface area contributed by atoms with E-state index in [2.05, 4.69) is 10.1 Å². The lowest BCUT2D eigenvalue weighted by Crippen LogP contribution is -2.35. The molecule has 1 aliphatic rings. The molecule has 0 radical (unpaired) electrons. The number of aromatic nitrogens is 2. The summed E-state index contributed by atoms with van der Waals surface area (Å²) in [6.45, 7) is 1.22. The Hall–Kier alpha value is -0.940. The molecule has 1 aliphatic carbocycles. The maximum Gasteiger partial charge on any atom is 0.234 e. The largest absolute Gasteiger partial charge is 0.384 e. The molecule has 5 nitrogen and oxygen atoms in total. The minimum atomic E-state index is -0.0885. The second-order valence-electron chi connectivity index (χ2n) is 5.16. The van der Waals surface area contributed by atoms with E-state index < -0.39 is 0 Å². The maximum atomic E-state index is 6.00. The Morgan fingerprint density at radius 1 is 1.28 bits per heavy atom. The third-order valence-corrected chi connectivity index (χ3v) is 3.90. The molecule has 0 aromatic carbocycles. The van der Waals surface area contributed by atoms with E-state index in [1.807, 2.05) is 0 Å². The van der Waals surface area contributed by atoms with Crippen LogP contribution in [0.25, 0.3) is 0 Å². The van der Waals surface area contributed by atoms with Gasteiger partial charge < -0.3 is 15.0 Å². The Labute approximate surface area is 108 Å². The molecule has 102 valence electrons. The van der Waals surface area contributed by atoms with Crippen LogP contribution in [0, 0.1) is 0 Å². The van der Waals surface area contributed by atoms with Gasteiger partial charge in [-0.15, -0.1) is 0 Å². The highest BCUT2D eigenvalue weighted by Gasteiger charge is 2.36. The Kier molecular flexibility index (Phi) is 4.72. The third kappa shape index (κ3) is 2.90. The van der Waals surface area contributed by atoms with Gasteiger partial charge in [-0.2, -0.15) is 4.98 Å². The number of ether oxygens (including phenoxy) is 1. The van der Waals surface area contributed by atoms with Gasteiger partial charge in [0, 0.05) is 20.1 Å². The summed E-state index contributed by atoms with van der Waals surface area (Å²) in [7, 11) is 1.67. The number of hydrogen-bond donors (Lipinski definition) is 1. The van der Waals surface area contributed by atoms with Crippen molar-refractivity contribution in [3.05, 3.63) is 11.7 Å². The fraction of sp³-hybridized carbons (Fsp3) is 0.846. The molecule has 0 bridgehead atoms. The van der Waals surface area contributed by atoms with Gasteiger partial charge in [0.1, 0.15) is 0 Å². The molecule has 2 rings (SSSR count). The Bertz CT molecular complexity index is 357. The van der Waals surface area contributed by atoms with Gasteiger partial charge in [-0.25, -0.2) is 0 Å². The SMILES string of the molecule is COCCc1noc(C2(CN)CCCCCC2)n1. The van der Waals surface area contributed by atoms with Crippen LogP contribution < -0.4 is 5.73 Å². The minimum Gasteiger partial charge on any atom is -0.384 e. The lowest BCUT2D eigenvalue weighted by molar-refractivity contribution is 0.199. The summed E-state index contributed by atoms with van der Waals surface area (Å²) < 4.78 is 10.5. The summed E-state index contributed by atoms with van der Waals surface area (Å²) in [5.41, 5.74) is 5.91. The average molecular weight is 253 g/mol. The van der Waals surface area contributed by atoms with Crippen molar-refractivity contribution < 1.29 is 9.26 Å². The van der Waals surface area contributed by atoms with Crippen molar-refractivity contribution in [1.29, 1.82) is 0 Å². The smallest absolute Gasteiger partial charge is 0.234 e. The quantitative estimate of drug-likeness (QED) is 0.810. The van der Waals surface area contributed by atoms with Gasteiger partial charge in [0.15, 0.2) is 5.82 Å². The highest BCUT2D eigenvalue weighted by atomic mass is 16.5. The first-order valence-corrected chi connectivity index (χ1v) is 6.83. The van der Waals surface area contributed by atoms with Crippen molar-refractivity contribution in [1.82, 2.24) is 10.1 Å². The van der Waals surface area contributed by atoms with E-state index in [0.717, 1.165) is 24.6 Å². The molecule has 0 aliphatic heterocycles. The first-order chi connectivity index (χ1) is 8.80. The fourth-order valence-electron chi connectivity index (χ4n) is 2.67. The Morgan fingerprint density at radius 3 is 2.61 bits per heavy atom. The van der Waals surface area contributed by atoms with Crippen molar-refractivity contribution in [2.75, 3.05) is 20.3 Å². The number of hydrogen-bond acceptors (Lipinski definition) is 5. The monoisotopic (exact) mass is 253 g/mol. The molecule has 0 amide bonds. The zero-order valence-electron chi connectivity index (χ0n) is 11.2. The van der Waals surface area contributed by atoms with Crippen LogP contribution in [-0.2, 0) is 16.6 Å². The second kappa shape index (κ2) is 6.29. The molecule has 1 aromatic heterocycles. The summed E-state index contributed by atoms with van der Waals surface area (Å²) in [4.78, 5) is 4.52. The number of nitrogens with zero attached hydrogens (tertiary/aromatic N) is 2. The van der Waals surface area contributed by atoms with Crippen molar-refractivity contribution in [2.24, 2.45) is 5.73 Å². The predicted molar refractivity (Wildman–Crippen MR) is 68.3 cm³/mol. The van der Waals surface area contributed by atoms with Crippen LogP contribution in [0.2, 0.25) is 0 Å². The molecule has 2 N–H and O–H groups in total. The highest BCUT2D eigenvalue weighted by molar-refractivity contribution is 5.07. The first kappa shape index (κ1) is 13.5. The standard InChI is InChI=1S/C13H23N3O2/c1-17-9-6-11-15-12(18-16-11)13(10-14)7-4-2-3-5-8-13/h2-10,14H2,1H3. The van der Waals surface area contributed by atoms with Gasteiger partial charge in [0.2, 0.25) is 5.89 Å². The zero-order valence-corrected chi connectivity index (χ0v) is 11.2. The molecule has 18 heavy (non-hydrogen) atoms. The van der Waals surface area contributed by atoms with E-state index in [1.165, 1.54) is 25.7 Å². The van der Waals surface area contributed by atoms with Crippen LogP contribution in [0.3, 0.4) is 0 Å². The van der Waals surface area contributed by atoms with Crippen LogP contribution in [0.4, 0.5) is 0 Å². The number of methoxy groups -OCH3 is 1. The van der Waals surface area contributed by atoms with Crippen molar-refractivity contribution >= 4 is 0 Å². The lowest BCUT2D eigenvalue weighted by atomic mass is 9.80. The Morgan fingerprint density at radius 2 is 2.00 bits per heavy atom. The number of rotatable bonds is 5. The van der Waals surface area contributed by atoms with Crippen LogP contribution >= 0.6 is 0 Å². The summed E-state index contributed by atoms with van der Waals surface area (Å²) in [5.74, 6) is 1.46. The minimum absolute atomic E-state index is 0.0885. The molecular formula is C13H23N3O2. The molecule has 1 heterocycles. The molecule has 5 heteroatoms. The van der Waals surface area contributed by atoms with Crippen LogP contribution in [0.1, 0.15) is 50.2 Å². The van der Waals surface area contributed by atoms with Crippen molar-refractivity contribution in [3.63, 3.8) is 0 Å². The van der Waals surface area contributed by atoms with Gasteiger partial charge in [-0.05, 0) is 12.8 Å².